The molecule has 3 nitrogen and oxygen atoms in total. The zero-order chi connectivity index (χ0) is 7.40. The number of nitrogens with two attached hydrogens (primary N) is 1. The van der Waals surface area contributed by atoms with E-state index in [4.69, 9.17) is 10.9 Å². The smallest absolute Gasteiger partial charge is 0.422 e. The Morgan fingerprint density at radius 2 is 1.82 bits per heavy atom. The Kier molecular flexibility index (Phi) is 4.90. The Hall–Kier alpha value is -0.545. The lowest BCUT2D eigenvalue weighted by molar-refractivity contribution is 0.281. The van der Waals surface area contributed by atoms with E-state index in [0.29, 0.717) is 5.46 Å². The zero-order valence-corrected chi connectivity index (χ0v) is 6.62. The van der Waals surface area contributed by atoms with Gasteiger partial charge in [-0.2, -0.15) is 0 Å². The number of rotatable bonds is 2. The van der Waals surface area contributed by atoms with Crippen molar-refractivity contribution >= 4 is 25.0 Å². The molecule has 0 aromatic heterocycles. The highest BCUT2D eigenvalue weighted by Gasteiger charge is 2.12. The first kappa shape index (κ1) is 10.5. The highest BCUT2D eigenvalue weighted by molar-refractivity contribution is 6.59. The minimum absolute atomic E-state index is 0. The topological polar surface area (TPSA) is 55.5 Å². The number of halogens is 1. The van der Waals surface area contributed by atoms with Gasteiger partial charge in [0.15, 0.2) is 0 Å². The first-order valence-corrected chi connectivity index (χ1v) is 2.93. The molecule has 60 valence electrons. The molecule has 0 spiro atoms. The second kappa shape index (κ2) is 5.15. The minimum atomic E-state index is -1.01. The summed E-state index contributed by atoms with van der Waals surface area (Å²) in [6.45, 7) is 0. The van der Waals surface area contributed by atoms with E-state index in [-0.39, 0.29) is 12.4 Å². The lowest BCUT2D eigenvalue weighted by Gasteiger charge is -2.00. The summed E-state index contributed by atoms with van der Waals surface area (Å²) in [7, 11) is -1.01. The Labute approximate surface area is 71.7 Å². The highest BCUT2D eigenvalue weighted by atomic mass is 35.5. The van der Waals surface area contributed by atoms with Crippen LogP contribution in [-0.4, -0.2) is 12.1 Å². The average Bonchev–Trinajstić information content (AvgIpc) is 2.05. The maximum Gasteiger partial charge on any atom is 0.508 e. The van der Waals surface area contributed by atoms with Crippen LogP contribution in [0.5, 0.6) is 0 Å². The van der Waals surface area contributed by atoms with E-state index >= 15 is 0 Å². The van der Waals surface area contributed by atoms with Gasteiger partial charge in [-0.3, -0.25) is 0 Å². The zero-order valence-electron chi connectivity index (χ0n) is 5.81. The molecule has 1 aromatic carbocycles. The van der Waals surface area contributed by atoms with Crippen molar-refractivity contribution in [2.45, 2.75) is 0 Å². The molecule has 0 aliphatic heterocycles. The first-order valence-electron chi connectivity index (χ1n) is 2.93. The van der Waals surface area contributed by atoms with Crippen LogP contribution in [0.25, 0.3) is 0 Å². The SMILES string of the molecule is Cl.NOB(O)c1ccccc1. The first-order chi connectivity index (χ1) is 4.84. The van der Waals surface area contributed by atoms with Crippen LogP contribution >= 0.6 is 12.4 Å². The predicted molar refractivity (Wildman–Crippen MR) is 46.6 cm³/mol. The molecular formula is C6H9BClNO2. The molecule has 0 saturated heterocycles. The maximum atomic E-state index is 8.98. The molecule has 0 heterocycles. The molecule has 5 heteroatoms. The van der Waals surface area contributed by atoms with Gasteiger partial charge in [0.05, 0.1) is 0 Å². The second-order valence-electron chi connectivity index (χ2n) is 1.90. The quantitative estimate of drug-likeness (QED) is 0.476. The highest BCUT2D eigenvalue weighted by Crippen LogP contribution is 1.84. The molecule has 11 heavy (non-hydrogen) atoms. The standard InChI is InChI=1S/C6H8BNO2.ClH/c8-10-7(9)6-4-2-1-3-5-6;/h1-5,9H,8H2;1H. The van der Waals surface area contributed by atoms with Gasteiger partial charge in [0.2, 0.25) is 0 Å². The summed E-state index contributed by atoms with van der Waals surface area (Å²) in [5.74, 6) is 4.75. The van der Waals surface area contributed by atoms with Crippen LogP contribution in [0.1, 0.15) is 0 Å². The van der Waals surface area contributed by atoms with Crippen molar-refractivity contribution in [3.63, 3.8) is 0 Å². The van der Waals surface area contributed by atoms with Crippen LogP contribution in [0, 0.1) is 0 Å². The summed E-state index contributed by atoms with van der Waals surface area (Å²) in [5.41, 5.74) is 0.657. The van der Waals surface area contributed by atoms with Gasteiger partial charge in [0.25, 0.3) is 0 Å². The van der Waals surface area contributed by atoms with E-state index in [2.05, 4.69) is 4.76 Å². The average molecular weight is 173 g/mol. The molecular weight excluding hydrogens is 164 g/mol. The Bertz CT molecular complexity index is 197. The van der Waals surface area contributed by atoms with Crippen molar-refractivity contribution in [1.82, 2.24) is 0 Å². The van der Waals surface area contributed by atoms with Gasteiger partial charge in [-0.1, -0.05) is 30.3 Å². The van der Waals surface area contributed by atoms with Crippen LogP contribution in [0.4, 0.5) is 0 Å². The fourth-order valence-corrected chi connectivity index (χ4v) is 0.696. The van der Waals surface area contributed by atoms with Crippen molar-refractivity contribution in [2.75, 3.05) is 0 Å². The van der Waals surface area contributed by atoms with Crippen molar-refractivity contribution in [3.05, 3.63) is 30.3 Å². The summed E-state index contributed by atoms with van der Waals surface area (Å²) < 4.78 is 4.19. The normalized spacial score (nSPS) is 8.55. The lowest BCUT2D eigenvalue weighted by Crippen LogP contribution is -2.35. The summed E-state index contributed by atoms with van der Waals surface area (Å²) in [4.78, 5) is 0. The van der Waals surface area contributed by atoms with Gasteiger partial charge < -0.3 is 9.78 Å². The summed E-state index contributed by atoms with van der Waals surface area (Å²) in [5, 5.41) is 8.98. The molecule has 0 amide bonds. The van der Waals surface area contributed by atoms with Crippen LogP contribution in [0.15, 0.2) is 30.3 Å². The summed E-state index contributed by atoms with van der Waals surface area (Å²) in [6.07, 6.45) is 0. The van der Waals surface area contributed by atoms with Gasteiger partial charge in [-0.15, -0.1) is 12.4 Å². The van der Waals surface area contributed by atoms with Crippen molar-refractivity contribution in [2.24, 2.45) is 5.90 Å². The Morgan fingerprint density at radius 3 is 2.27 bits per heavy atom. The van der Waals surface area contributed by atoms with E-state index in [1.54, 1.807) is 24.3 Å². The molecule has 1 aromatic rings. The van der Waals surface area contributed by atoms with Crippen molar-refractivity contribution in [3.8, 4) is 0 Å². The molecule has 0 radical (unpaired) electrons. The van der Waals surface area contributed by atoms with Crippen molar-refractivity contribution in [1.29, 1.82) is 0 Å². The van der Waals surface area contributed by atoms with Gasteiger partial charge in [-0.05, 0) is 5.46 Å². The van der Waals surface area contributed by atoms with E-state index in [9.17, 15) is 0 Å². The third-order valence-electron chi connectivity index (χ3n) is 1.21. The molecule has 0 atom stereocenters. The van der Waals surface area contributed by atoms with Crippen LogP contribution < -0.4 is 11.4 Å². The molecule has 3 N–H and O–H groups in total. The molecule has 0 fully saturated rings. The maximum absolute atomic E-state index is 8.98. The molecule has 0 bridgehead atoms. The number of benzene rings is 1. The minimum Gasteiger partial charge on any atom is -0.422 e. The molecule has 0 aliphatic carbocycles. The Balaban J connectivity index is 0.000001000. The molecule has 0 saturated carbocycles. The lowest BCUT2D eigenvalue weighted by atomic mass is 9.80. The third-order valence-corrected chi connectivity index (χ3v) is 1.21. The van der Waals surface area contributed by atoms with E-state index < -0.39 is 7.12 Å². The number of hydrogen-bond donors (Lipinski definition) is 2. The van der Waals surface area contributed by atoms with Crippen LogP contribution in [-0.2, 0) is 4.76 Å². The monoisotopic (exact) mass is 173 g/mol. The summed E-state index contributed by atoms with van der Waals surface area (Å²) >= 11 is 0. The molecule has 0 aliphatic rings. The molecule has 0 unspecified atom stereocenters. The fourth-order valence-electron chi connectivity index (χ4n) is 0.696. The van der Waals surface area contributed by atoms with Gasteiger partial charge in [0, 0.05) is 0 Å². The number of hydrogen-bond acceptors (Lipinski definition) is 3. The largest absolute Gasteiger partial charge is 0.508 e. The second-order valence-corrected chi connectivity index (χ2v) is 1.90. The van der Waals surface area contributed by atoms with E-state index in [0.717, 1.165) is 0 Å². The summed E-state index contributed by atoms with van der Waals surface area (Å²) in [6, 6.07) is 8.93. The van der Waals surface area contributed by atoms with Gasteiger partial charge in [-0.25, -0.2) is 5.90 Å². The van der Waals surface area contributed by atoms with Gasteiger partial charge >= 0.3 is 7.12 Å². The third kappa shape index (κ3) is 2.90. The van der Waals surface area contributed by atoms with Crippen LogP contribution in [0.2, 0.25) is 0 Å². The van der Waals surface area contributed by atoms with E-state index in [1.165, 1.54) is 0 Å². The van der Waals surface area contributed by atoms with Gasteiger partial charge in [0.1, 0.15) is 0 Å². The van der Waals surface area contributed by atoms with Crippen molar-refractivity contribution < 1.29 is 9.78 Å². The Morgan fingerprint density at radius 1 is 1.27 bits per heavy atom. The van der Waals surface area contributed by atoms with Crippen LogP contribution in [0.3, 0.4) is 0 Å². The molecule has 1 rings (SSSR count). The predicted octanol–water partition coefficient (Wildman–Crippen LogP) is -0.314. The fraction of sp³-hybridized carbons (Fsp3) is 0. The van der Waals surface area contributed by atoms with E-state index in [1.807, 2.05) is 6.07 Å².